The second-order valence-electron chi connectivity index (χ2n) is 6.25. The molecule has 27 heavy (non-hydrogen) atoms. The van der Waals surface area contributed by atoms with Crippen molar-refractivity contribution in [2.75, 3.05) is 10.6 Å². The minimum absolute atomic E-state index is 0.0118. The predicted molar refractivity (Wildman–Crippen MR) is 101 cm³/mol. The number of benzene rings is 1. The van der Waals surface area contributed by atoms with Crippen LogP contribution in [-0.2, 0) is 4.79 Å². The largest absolute Gasteiger partial charge is 0.304 e. The Balaban J connectivity index is 1.38. The highest BCUT2D eigenvalue weighted by Gasteiger charge is 2.30. The topological polar surface area (TPSA) is 126 Å². The molecule has 4 aromatic rings. The van der Waals surface area contributed by atoms with Crippen LogP contribution in [0.2, 0.25) is 0 Å². The van der Waals surface area contributed by atoms with Crippen molar-refractivity contribution in [1.82, 2.24) is 25.1 Å². The summed E-state index contributed by atoms with van der Waals surface area (Å²) in [4.78, 5) is 37.2. The van der Waals surface area contributed by atoms with Crippen LogP contribution in [0.25, 0.3) is 21.4 Å². The van der Waals surface area contributed by atoms with Crippen LogP contribution in [0.3, 0.4) is 0 Å². The number of amides is 2. The summed E-state index contributed by atoms with van der Waals surface area (Å²) in [6, 6.07) is 5.11. The Kier molecular flexibility index (Phi) is 3.57. The lowest BCUT2D eigenvalue weighted by Crippen LogP contribution is -2.13. The highest BCUT2D eigenvalue weighted by atomic mass is 32.1. The summed E-state index contributed by atoms with van der Waals surface area (Å²) in [5.41, 5.74) is 2.33. The van der Waals surface area contributed by atoms with E-state index in [1.807, 2.05) is 0 Å². The van der Waals surface area contributed by atoms with E-state index in [-0.39, 0.29) is 17.7 Å². The summed E-state index contributed by atoms with van der Waals surface area (Å²) in [6.45, 7) is 0. The van der Waals surface area contributed by atoms with E-state index >= 15 is 0 Å². The number of nitrogens with zero attached hydrogens (tertiary/aromatic N) is 4. The zero-order valence-corrected chi connectivity index (χ0v) is 14.7. The van der Waals surface area contributed by atoms with Gasteiger partial charge in [-0.1, -0.05) is 11.3 Å². The van der Waals surface area contributed by atoms with E-state index < -0.39 is 0 Å². The fraction of sp³-hybridized carbons (Fsp3) is 0.176. The van der Waals surface area contributed by atoms with Gasteiger partial charge in [-0.05, 0) is 31.0 Å². The lowest BCUT2D eigenvalue weighted by molar-refractivity contribution is -0.117. The van der Waals surface area contributed by atoms with E-state index in [0.717, 1.165) is 18.4 Å². The van der Waals surface area contributed by atoms with Crippen LogP contribution < -0.4 is 10.6 Å². The molecule has 3 heterocycles. The molecule has 0 unspecified atom stereocenters. The maximum absolute atomic E-state index is 12.6. The first-order valence-corrected chi connectivity index (χ1v) is 9.17. The maximum atomic E-state index is 12.6. The molecule has 9 nitrogen and oxygen atoms in total. The van der Waals surface area contributed by atoms with Crippen LogP contribution in [0.15, 0.2) is 30.6 Å². The van der Waals surface area contributed by atoms with Crippen LogP contribution in [0, 0.1) is 5.92 Å². The lowest BCUT2D eigenvalue weighted by atomic mass is 10.2. The monoisotopic (exact) mass is 379 g/mol. The van der Waals surface area contributed by atoms with Gasteiger partial charge in [0.25, 0.3) is 5.91 Å². The number of thiazole rings is 1. The summed E-state index contributed by atoms with van der Waals surface area (Å²) in [5.74, 6) is 0.148. The van der Waals surface area contributed by atoms with Gasteiger partial charge in [0.15, 0.2) is 16.6 Å². The number of rotatable bonds is 4. The summed E-state index contributed by atoms with van der Waals surface area (Å²) < 4.78 is 0.676. The SMILES string of the molecule is O=C(Nc1n[nH]c2nc(NC(=O)C3CC3)sc12)c1ccc2nccnc2c1. The van der Waals surface area contributed by atoms with Crippen LogP contribution in [0.1, 0.15) is 23.2 Å². The molecule has 1 aliphatic carbocycles. The molecule has 5 rings (SSSR count). The number of aromatic amines is 1. The molecular weight excluding hydrogens is 366 g/mol. The predicted octanol–water partition coefficient (Wildman–Crippen LogP) is 2.56. The third-order valence-electron chi connectivity index (χ3n) is 4.26. The number of carbonyl (C=O) groups is 2. The second kappa shape index (κ2) is 6.09. The third kappa shape index (κ3) is 2.99. The van der Waals surface area contributed by atoms with Gasteiger partial charge >= 0.3 is 0 Å². The standard InChI is InChI=1S/C17H13N7O2S/c25-15(8-1-2-8)22-17-21-14-12(27-17)13(23-24-14)20-16(26)9-3-4-10-11(7-9)19-6-5-18-10/h3-8H,1-2H2,(H3,20,21,22,23,24,25,26). The van der Waals surface area contributed by atoms with E-state index in [4.69, 9.17) is 0 Å². The lowest BCUT2D eigenvalue weighted by Gasteiger charge is -2.03. The van der Waals surface area contributed by atoms with Crippen LogP contribution >= 0.6 is 11.3 Å². The molecule has 134 valence electrons. The first-order chi connectivity index (χ1) is 13.2. The van der Waals surface area contributed by atoms with Crippen molar-refractivity contribution in [1.29, 1.82) is 0 Å². The summed E-state index contributed by atoms with van der Waals surface area (Å²) in [7, 11) is 0. The average molecular weight is 379 g/mol. The van der Waals surface area contributed by atoms with Crippen LogP contribution in [-0.4, -0.2) is 37.0 Å². The van der Waals surface area contributed by atoms with Crippen molar-refractivity contribution >= 4 is 55.5 Å². The number of H-pyrrole nitrogens is 1. The van der Waals surface area contributed by atoms with Gasteiger partial charge in [-0.2, -0.15) is 5.10 Å². The molecule has 0 spiro atoms. The molecule has 0 saturated heterocycles. The number of anilines is 2. The van der Waals surface area contributed by atoms with Crippen LogP contribution in [0.4, 0.5) is 10.9 Å². The minimum Gasteiger partial charge on any atom is -0.304 e. The van der Waals surface area contributed by atoms with Crippen molar-refractivity contribution in [2.24, 2.45) is 5.92 Å². The highest BCUT2D eigenvalue weighted by Crippen LogP contribution is 2.34. The number of fused-ring (bicyclic) bond motifs is 2. The third-order valence-corrected chi connectivity index (χ3v) is 5.24. The van der Waals surface area contributed by atoms with E-state index in [1.165, 1.54) is 11.3 Å². The van der Waals surface area contributed by atoms with E-state index in [9.17, 15) is 9.59 Å². The zero-order chi connectivity index (χ0) is 18.4. The van der Waals surface area contributed by atoms with Crippen molar-refractivity contribution in [3.05, 3.63) is 36.2 Å². The minimum atomic E-state index is -0.312. The number of hydrogen-bond acceptors (Lipinski definition) is 7. The van der Waals surface area contributed by atoms with Crippen molar-refractivity contribution in [3.63, 3.8) is 0 Å². The molecule has 0 bridgehead atoms. The summed E-state index contributed by atoms with van der Waals surface area (Å²) in [5, 5.41) is 12.9. The Morgan fingerprint density at radius 1 is 1.11 bits per heavy atom. The van der Waals surface area contributed by atoms with Gasteiger partial charge in [0.2, 0.25) is 5.91 Å². The van der Waals surface area contributed by atoms with Gasteiger partial charge in [-0.3, -0.25) is 24.7 Å². The summed E-state index contributed by atoms with van der Waals surface area (Å²) >= 11 is 1.27. The maximum Gasteiger partial charge on any atom is 0.256 e. The first kappa shape index (κ1) is 15.8. The molecule has 0 aliphatic heterocycles. The molecule has 1 aromatic carbocycles. The molecule has 1 saturated carbocycles. The highest BCUT2D eigenvalue weighted by molar-refractivity contribution is 7.22. The van der Waals surface area contributed by atoms with Gasteiger partial charge in [0, 0.05) is 23.9 Å². The number of carbonyl (C=O) groups excluding carboxylic acids is 2. The Bertz CT molecular complexity index is 1190. The molecule has 2 amide bonds. The fourth-order valence-corrected chi connectivity index (χ4v) is 3.55. The molecule has 0 radical (unpaired) electrons. The molecular formula is C17H13N7O2S. The molecule has 1 aliphatic rings. The molecule has 3 aromatic heterocycles. The van der Waals surface area contributed by atoms with E-state index in [0.29, 0.717) is 32.4 Å². The number of aromatic nitrogens is 5. The van der Waals surface area contributed by atoms with Crippen molar-refractivity contribution in [3.8, 4) is 0 Å². The molecule has 1 fully saturated rings. The normalized spacial score (nSPS) is 13.8. The van der Waals surface area contributed by atoms with Gasteiger partial charge in [0.1, 0.15) is 4.70 Å². The number of hydrogen-bond donors (Lipinski definition) is 3. The Morgan fingerprint density at radius 2 is 1.93 bits per heavy atom. The Hall–Kier alpha value is -3.40. The first-order valence-electron chi connectivity index (χ1n) is 8.35. The Labute approximate surface area is 156 Å². The fourth-order valence-electron chi connectivity index (χ4n) is 2.69. The van der Waals surface area contributed by atoms with Gasteiger partial charge < -0.3 is 10.6 Å². The van der Waals surface area contributed by atoms with Crippen LogP contribution in [0.5, 0.6) is 0 Å². The van der Waals surface area contributed by atoms with Gasteiger partial charge in [-0.15, -0.1) is 0 Å². The van der Waals surface area contributed by atoms with Gasteiger partial charge in [0.05, 0.1) is 11.0 Å². The van der Waals surface area contributed by atoms with Gasteiger partial charge in [-0.25, -0.2) is 4.98 Å². The molecule has 10 heteroatoms. The quantitative estimate of drug-likeness (QED) is 0.500. The van der Waals surface area contributed by atoms with Crippen molar-refractivity contribution in [2.45, 2.75) is 12.8 Å². The van der Waals surface area contributed by atoms with E-state index in [2.05, 4.69) is 35.8 Å². The van der Waals surface area contributed by atoms with Crippen molar-refractivity contribution < 1.29 is 9.59 Å². The molecule has 3 N–H and O–H groups in total. The Morgan fingerprint density at radius 3 is 2.74 bits per heavy atom. The zero-order valence-electron chi connectivity index (χ0n) is 13.9. The average Bonchev–Trinajstić information content (AvgIpc) is 3.37. The summed E-state index contributed by atoms with van der Waals surface area (Å²) in [6.07, 6.45) is 5.03. The number of nitrogens with one attached hydrogen (secondary N) is 3. The van der Waals surface area contributed by atoms with E-state index in [1.54, 1.807) is 30.6 Å². The second-order valence-corrected chi connectivity index (χ2v) is 7.25. The molecule has 0 atom stereocenters. The smallest absolute Gasteiger partial charge is 0.256 e.